The molecule has 1 saturated carbocycles. The third-order valence-electron chi connectivity index (χ3n) is 3.93. The van der Waals surface area contributed by atoms with Gasteiger partial charge in [0.05, 0.1) is 10.0 Å². The third kappa shape index (κ3) is 2.89. The zero-order chi connectivity index (χ0) is 13.2. The van der Waals surface area contributed by atoms with Gasteiger partial charge in [0.2, 0.25) is 0 Å². The molecule has 0 aromatic heterocycles. The molecule has 98 valence electrons. The molecule has 0 amide bonds. The summed E-state index contributed by atoms with van der Waals surface area (Å²) in [5.74, 6) is 0.253. The predicted molar refractivity (Wildman–Crippen MR) is 76.5 cm³/mol. The Morgan fingerprint density at radius 2 is 1.83 bits per heavy atom. The summed E-state index contributed by atoms with van der Waals surface area (Å²) in [6.07, 6.45) is 6.40. The molecule has 0 heterocycles. The molecule has 3 heteroatoms. The quantitative estimate of drug-likeness (QED) is 0.748. The van der Waals surface area contributed by atoms with Crippen LogP contribution in [0, 0.1) is 0 Å². The lowest BCUT2D eigenvalue weighted by Crippen LogP contribution is -2.31. The van der Waals surface area contributed by atoms with E-state index in [-0.39, 0.29) is 11.2 Å². The van der Waals surface area contributed by atoms with Crippen LogP contribution in [-0.2, 0) is 10.2 Å². The van der Waals surface area contributed by atoms with Crippen molar-refractivity contribution in [1.29, 1.82) is 0 Å². The second-order valence-corrected chi connectivity index (χ2v) is 6.16. The predicted octanol–water partition coefficient (Wildman–Crippen LogP) is 5.17. The molecule has 0 atom stereocenters. The van der Waals surface area contributed by atoms with E-state index in [1.807, 2.05) is 18.2 Å². The normalized spacial score (nSPS) is 18.6. The number of rotatable bonds is 3. The molecule has 0 N–H and O–H groups in total. The molecule has 1 aliphatic carbocycles. The SMILES string of the molecule is CC(=O)CC1(c2ccc(Cl)c(Cl)c2)CCCCC1. The Morgan fingerprint density at radius 3 is 2.39 bits per heavy atom. The van der Waals surface area contributed by atoms with E-state index in [1.54, 1.807) is 6.92 Å². The monoisotopic (exact) mass is 284 g/mol. The number of hydrogen-bond acceptors (Lipinski definition) is 1. The maximum absolute atomic E-state index is 11.6. The molecule has 0 radical (unpaired) electrons. The van der Waals surface area contributed by atoms with Crippen LogP contribution in [0.1, 0.15) is 51.0 Å². The number of Topliss-reactive ketones (excluding diaryl/α,β-unsaturated/α-hetero) is 1. The van der Waals surface area contributed by atoms with Crippen molar-refractivity contribution >= 4 is 29.0 Å². The summed E-state index contributed by atoms with van der Waals surface area (Å²) in [5, 5.41) is 1.16. The van der Waals surface area contributed by atoms with Gasteiger partial charge < -0.3 is 0 Å². The maximum atomic E-state index is 11.6. The minimum atomic E-state index is -0.0156. The third-order valence-corrected chi connectivity index (χ3v) is 4.67. The number of halogens is 2. The zero-order valence-electron chi connectivity index (χ0n) is 10.6. The lowest BCUT2D eigenvalue weighted by molar-refractivity contribution is -0.118. The van der Waals surface area contributed by atoms with Gasteiger partial charge in [-0.1, -0.05) is 48.5 Å². The molecule has 0 saturated heterocycles. The van der Waals surface area contributed by atoms with Crippen LogP contribution in [0.5, 0.6) is 0 Å². The molecule has 18 heavy (non-hydrogen) atoms. The molecular formula is C15H18Cl2O. The van der Waals surface area contributed by atoms with Crippen LogP contribution in [-0.4, -0.2) is 5.78 Å². The van der Waals surface area contributed by atoms with E-state index in [2.05, 4.69) is 0 Å². The second-order valence-electron chi connectivity index (χ2n) is 5.35. The molecule has 0 unspecified atom stereocenters. The van der Waals surface area contributed by atoms with E-state index in [0.717, 1.165) is 12.8 Å². The summed E-state index contributed by atoms with van der Waals surface area (Å²) in [6, 6.07) is 5.82. The Bertz CT molecular complexity index is 448. The van der Waals surface area contributed by atoms with Gasteiger partial charge in [0.15, 0.2) is 0 Å². The summed E-state index contributed by atoms with van der Waals surface area (Å²) >= 11 is 12.1. The average Bonchev–Trinajstić information content (AvgIpc) is 2.33. The van der Waals surface area contributed by atoms with Gasteiger partial charge in [0.25, 0.3) is 0 Å². The van der Waals surface area contributed by atoms with Crippen molar-refractivity contribution in [2.24, 2.45) is 0 Å². The molecule has 1 aromatic rings. The highest BCUT2D eigenvalue weighted by Crippen LogP contribution is 2.43. The molecule has 1 aliphatic rings. The molecule has 0 aliphatic heterocycles. The fourth-order valence-electron chi connectivity index (χ4n) is 3.10. The van der Waals surface area contributed by atoms with Gasteiger partial charge in [-0.2, -0.15) is 0 Å². The topological polar surface area (TPSA) is 17.1 Å². The van der Waals surface area contributed by atoms with Crippen molar-refractivity contribution in [3.05, 3.63) is 33.8 Å². The van der Waals surface area contributed by atoms with Crippen molar-refractivity contribution in [3.8, 4) is 0 Å². The van der Waals surface area contributed by atoms with E-state index in [4.69, 9.17) is 23.2 Å². The molecule has 2 rings (SSSR count). The molecule has 0 spiro atoms. The van der Waals surface area contributed by atoms with Crippen LogP contribution >= 0.6 is 23.2 Å². The van der Waals surface area contributed by atoms with Gasteiger partial charge in [0, 0.05) is 11.8 Å². The fourth-order valence-corrected chi connectivity index (χ4v) is 3.40. The van der Waals surface area contributed by atoms with Gasteiger partial charge in [-0.25, -0.2) is 0 Å². The number of carbonyl (C=O) groups is 1. The summed E-state index contributed by atoms with van der Waals surface area (Å²) < 4.78 is 0. The lowest BCUT2D eigenvalue weighted by atomic mass is 9.67. The standard InChI is InChI=1S/C15H18Cl2O/c1-11(18)10-15(7-3-2-4-8-15)12-5-6-13(16)14(17)9-12/h5-6,9H,2-4,7-8,10H2,1H3. The Balaban J connectivity index is 2.38. The largest absolute Gasteiger partial charge is 0.300 e. The first-order valence-electron chi connectivity index (χ1n) is 6.48. The highest BCUT2D eigenvalue weighted by atomic mass is 35.5. The molecule has 0 bridgehead atoms. The van der Waals surface area contributed by atoms with Gasteiger partial charge in [0.1, 0.15) is 5.78 Å². The lowest BCUT2D eigenvalue weighted by Gasteiger charge is -2.37. The molecule has 1 nitrogen and oxygen atoms in total. The maximum Gasteiger partial charge on any atom is 0.130 e. The van der Waals surface area contributed by atoms with E-state index >= 15 is 0 Å². The van der Waals surface area contributed by atoms with Crippen molar-refractivity contribution in [1.82, 2.24) is 0 Å². The van der Waals surface area contributed by atoms with E-state index in [9.17, 15) is 4.79 Å². The summed E-state index contributed by atoms with van der Waals surface area (Å²) in [6.45, 7) is 1.67. The Kier molecular flexibility index (Phi) is 4.34. The smallest absolute Gasteiger partial charge is 0.130 e. The Morgan fingerprint density at radius 1 is 1.17 bits per heavy atom. The van der Waals surface area contributed by atoms with Crippen LogP contribution in [0.25, 0.3) is 0 Å². The summed E-state index contributed by atoms with van der Waals surface area (Å²) in [7, 11) is 0. The van der Waals surface area contributed by atoms with Crippen LogP contribution in [0.3, 0.4) is 0 Å². The van der Waals surface area contributed by atoms with Crippen LogP contribution < -0.4 is 0 Å². The number of ketones is 1. The van der Waals surface area contributed by atoms with Gasteiger partial charge >= 0.3 is 0 Å². The first kappa shape index (κ1) is 13.9. The Labute approximate surface area is 118 Å². The number of carbonyl (C=O) groups excluding carboxylic acids is 1. The Hall–Kier alpha value is -0.530. The van der Waals surface area contributed by atoms with Crippen molar-refractivity contribution in [2.75, 3.05) is 0 Å². The van der Waals surface area contributed by atoms with Crippen LogP contribution in [0.2, 0.25) is 10.0 Å². The van der Waals surface area contributed by atoms with Crippen molar-refractivity contribution in [3.63, 3.8) is 0 Å². The van der Waals surface area contributed by atoms with E-state index in [0.29, 0.717) is 16.5 Å². The number of hydrogen-bond donors (Lipinski definition) is 0. The van der Waals surface area contributed by atoms with Gasteiger partial charge in [-0.3, -0.25) is 4.79 Å². The number of benzene rings is 1. The minimum absolute atomic E-state index is 0.0156. The first-order chi connectivity index (χ1) is 8.53. The van der Waals surface area contributed by atoms with Crippen molar-refractivity contribution in [2.45, 2.75) is 50.9 Å². The highest BCUT2D eigenvalue weighted by molar-refractivity contribution is 6.42. The second kappa shape index (κ2) is 5.63. The zero-order valence-corrected chi connectivity index (χ0v) is 12.2. The van der Waals surface area contributed by atoms with Gasteiger partial charge in [-0.15, -0.1) is 0 Å². The van der Waals surface area contributed by atoms with Gasteiger partial charge in [-0.05, 0) is 37.5 Å². The van der Waals surface area contributed by atoms with E-state index in [1.165, 1.54) is 24.8 Å². The minimum Gasteiger partial charge on any atom is -0.300 e. The highest BCUT2D eigenvalue weighted by Gasteiger charge is 2.35. The first-order valence-corrected chi connectivity index (χ1v) is 7.24. The fraction of sp³-hybridized carbons (Fsp3) is 0.533. The van der Waals surface area contributed by atoms with Crippen LogP contribution in [0.4, 0.5) is 0 Å². The van der Waals surface area contributed by atoms with Crippen LogP contribution in [0.15, 0.2) is 18.2 Å². The summed E-state index contributed by atoms with van der Waals surface area (Å²) in [4.78, 5) is 11.6. The molecular weight excluding hydrogens is 267 g/mol. The average molecular weight is 285 g/mol. The molecule has 1 aromatic carbocycles. The molecule has 1 fully saturated rings. The summed E-state index contributed by atoms with van der Waals surface area (Å²) in [5.41, 5.74) is 1.16. The van der Waals surface area contributed by atoms with E-state index < -0.39 is 0 Å². The van der Waals surface area contributed by atoms with Crippen molar-refractivity contribution < 1.29 is 4.79 Å².